The number of nitrogens with zero attached hydrogens (tertiary/aromatic N) is 1. The zero-order chi connectivity index (χ0) is 20.1. The summed E-state index contributed by atoms with van der Waals surface area (Å²) < 4.78 is 11.2. The molecule has 1 heterocycles. The molecule has 0 aliphatic carbocycles. The van der Waals surface area contributed by atoms with Crippen LogP contribution >= 0.6 is 15.9 Å². The molecular weight excluding hydrogens is 432 g/mol. The number of benzene rings is 2. The molecule has 2 aromatic carbocycles. The van der Waals surface area contributed by atoms with E-state index < -0.39 is 23.4 Å². The van der Waals surface area contributed by atoms with E-state index >= 15 is 0 Å². The van der Waals surface area contributed by atoms with Crippen molar-refractivity contribution in [2.45, 2.75) is 0 Å². The fourth-order valence-corrected chi connectivity index (χ4v) is 2.55. The molecule has 0 radical (unpaired) electrons. The maximum Gasteiger partial charge on any atom is 0.374 e. The molecule has 1 N–H and O–H groups in total. The minimum Gasteiger partial charge on any atom is -0.450 e. The molecule has 0 unspecified atom stereocenters. The maximum absolute atomic E-state index is 12.0. The van der Waals surface area contributed by atoms with Gasteiger partial charge in [-0.05, 0) is 48.5 Å². The van der Waals surface area contributed by atoms with Gasteiger partial charge in [-0.3, -0.25) is 14.9 Å². The Kier molecular flexibility index (Phi) is 5.85. The lowest BCUT2D eigenvalue weighted by molar-refractivity contribution is -0.384. The summed E-state index contributed by atoms with van der Waals surface area (Å²) >= 11 is 3.29. The van der Waals surface area contributed by atoms with Crippen LogP contribution in [0, 0.1) is 10.1 Å². The van der Waals surface area contributed by atoms with Crippen LogP contribution in [0.1, 0.15) is 10.6 Å². The largest absolute Gasteiger partial charge is 0.450 e. The van der Waals surface area contributed by atoms with E-state index in [4.69, 9.17) is 9.15 Å². The van der Waals surface area contributed by atoms with Gasteiger partial charge >= 0.3 is 5.97 Å². The number of halogens is 1. The predicted molar refractivity (Wildman–Crippen MR) is 104 cm³/mol. The molecule has 3 rings (SSSR count). The Morgan fingerprint density at radius 1 is 1.04 bits per heavy atom. The van der Waals surface area contributed by atoms with Crippen molar-refractivity contribution >= 4 is 39.2 Å². The number of nitrogens with one attached hydrogen (secondary N) is 1. The standard InChI is InChI=1S/C19H13BrN2O6/c20-13-3-5-14(6-4-13)21-18(23)11-27-19(24)17-10-9-16(28-17)12-1-7-15(8-2-12)22(25)26/h1-10H,11H2,(H,21,23). The molecule has 0 atom stereocenters. The smallest absolute Gasteiger partial charge is 0.374 e. The zero-order valence-electron chi connectivity index (χ0n) is 14.3. The van der Waals surface area contributed by atoms with Crippen LogP contribution in [0.15, 0.2) is 69.6 Å². The van der Waals surface area contributed by atoms with Crippen molar-refractivity contribution in [3.05, 3.63) is 81.0 Å². The minimum absolute atomic E-state index is 0.0493. The number of nitro groups is 1. The van der Waals surface area contributed by atoms with Crippen LogP contribution in [0.3, 0.4) is 0 Å². The number of furan rings is 1. The SMILES string of the molecule is O=C(COC(=O)c1ccc(-c2ccc([N+](=O)[O-])cc2)o1)Nc1ccc(Br)cc1. The van der Waals surface area contributed by atoms with Gasteiger partial charge in [0.1, 0.15) is 5.76 Å². The van der Waals surface area contributed by atoms with Crippen molar-refractivity contribution in [1.82, 2.24) is 0 Å². The summed E-state index contributed by atoms with van der Waals surface area (Å²) in [5.41, 5.74) is 1.09. The molecule has 0 spiro atoms. The third-order valence-corrected chi connectivity index (χ3v) is 4.16. The monoisotopic (exact) mass is 444 g/mol. The van der Waals surface area contributed by atoms with Crippen LogP contribution in [0.5, 0.6) is 0 Å². The van der Waals surface area contributed by atoms with E-state index in [-0.39, 0.29) is 11.4 Å². The number of carbonyl (C=O) groups excluding carboxylic acids is 2. The van der Waals surface area contributed by atoms with Gasteiger partial charge in [0, 0.05) is 27.9 Å². The third kappa shape index (κ3) is 4.83. The van der Waals surface area contributed by atoms with E-state index in [2.05, 4.69) is 21.2 Å². The number of anilines is 1. The normalized spacial score (nSPS) is 10.3. The first kappa shape index (κ1) is 19.3. The topological polar surface area (TPSA) is 112 Å². The Hall–Kier alpha value is -3.46. The highest BCUT2D eigenvalue weighted by molar-refractivity contribution is 9.10. The number of esters is 1. The second-order valence-corrected chi connectivity index (χ2v) is 6.51. The first-order chi connectivity index (χ1) is 13.4. The molecule has 1 amide bonds. The Balaban J connectivity index is 1.57. The highest BCUT2D eigenvalue weighted by Gasteiger charge is 2.16. The highest BCUT2D eigenvalue weighted by atomic mass is 79.9. The summed E-state index contributed by atoms with van der Waals surface area (Å²) in [6.07, 6.45) is 0. The number of nitro benzene ring substituents is 1. The first-order valence-electron chi connectivity index (χ1n) is 7.99. The van der Waals surface area contributed by atoms with Crippen LogP contribution in [-0.4, -0.2) is 23.4 Å². The lowest BCUT2D eigenvalue weighted by atomic mass is 10.1. The van der Waals surface area contributed by atoms with Crippen molar-refractivity contribution in [2.24, 2.45) is 0 Å². The van der Waals surface area contributed by atoms with E-state index in [1.165, 1.54) is 30.3 Å². The van der Waals surface area contributed by atoms with Gasteiger partial charge in [0.05, 0.1) is 4.92 Å². The van der Waals surface area contributed by atoms with Gasteiger partial charge in [-0.15, -0.1) is 0 Å². The molecule has 0 bridgehead atoms. The predicted octanol–water partition coefficient (Wildman–Crippen LogP) is 4.41. The minimum atomic E-state index is -0.792. The Morgan fingerprint density at radius 2 is 1.71 bits per heavy atom. The second-order valence-electron chi connectivity index (χ2n) is 5.60. The quantitative estimate of drug-likeness (QED) is 0.342. The van der Waals surface area contributed by atoms with Gasteiger partial charge in [0.2, 0.25) is 5.76 Å². The van der Waals surface area contributed by atoms with Crippen molar-refractivity contribution in [3.8, 4) is 11.3 Å². The lowest BCUT2D eigenvalue weighted by Crippen LogP contribution is -2.20. The van der Waals surface area contributed by atoms with E-state index in [9.17, 15) is 19.7 Å². The molecule has 0 saturated heterocycles. The number of carbonyl (C=O) groups is 2. The molecule has 1 aromatic heterocycles. The van der Waals surface area contributed by atoms with Crippen LogP contribution in [0.2, 0.25) is 0 Å². The molecule has 142 valence electrons. The maximum atomic E-state index is 12.0. The molecular formula is C19H13BrN2O6. The molecule has 0 aliphatic rings. The van der Waals surface area contributed by atoms with Crippen molar-refractivity contribution in [2.75, 3.05) is 11.9 Å². The van der Waals surface area contributed by atoms with Crippen molar-refractivity contribution in [3.63, 3.8) is 0 Å². The van der Waals surface area contributed by atoms with Crippen LogP contribution in [0.25, 0.3) is 11.3 Å². The molecule has 0 saturated carbocycles. The van der Waals surface area contributed by atoms with E-state index in [0.29, 0.717) is 17.0 Å². The second kappa shape index (κ2) is 8.49. The van der Waals surface area contributed by atoms with Gasteiger partial charge in [-0.2, -0.15) is 0 Å². The van der Waals surface area contributed by atoms with Crippen LogP contribution in [0.4, 0.5) is 11.4 Å². The molecule has 0 fully saturated rings. The average Bonchev–Trinajstić information content (AvgIpc) is 3.18. The first-order valence-corrected chi connectivity index (χ1v) is 8.79. The number of rotatable bonds is 6. The lowest BCUT2D eigenvalue weighted by Gasteiger charge is -2.05. The summed E-state index contributed by atoms with van der Waals surface area (Å²) in [7, 11) is 0. The Bertz CT molecular complexity index is 1010. The van der Waals surface area contributed by atoms with Crippen molar-refractivity contribution in [1.29, 1.82) is 0 Å². The zero-order valence-corrected chi connectivity index (χ0v) is 15.8. The Morgan fingerprint density at radius 3 is 2.36 bits per heavy atom. The van der Waals surface area contributed by atoms with Gasteiger partial charge in [-0.25, -0.2) is 4.79 Å². The molecule has 0 aliphatic heterocycles. The summed E-state index contributed by atoms with van der Waals surface area (Å²) in [6, 6.07) is 15.6. The fraction of sp³-hybridized carbons (Fsp3) is 0.0526. The van der Waals surface area contributed by atoms with Gasteiger partial charge in [-0.1, -0.05) is 15.9 Å². The number of amides is 1. The Labute approximate surface area is 167 Å². The van der Waals surface area contributed by atoms with Crippen molar-refractivity contribution < 1.29 is 23.7 Å². The number of ether oxygens (including phenoxy) is 1. The van der Waals surface area contributed by atoms with Gasteiger partial charge in [0.25, 0.3) is 11.6 Å². The third-order valence-electron chi connectivity index (χ3n) is 3.63. The molecule has 3 aromatic rings. The summed E-state index contributed by atoms with van der Waals surface area (Å²) in [5, 5.41) is 13.3. The molecule has 9 heteroatoms. The number of hydrogen-bond donors (Lipinski definition) is 1. The summed E-state index contributed by atoms with van der Waals surface area (Å²) in [5.74, 6) is -1.01. The fourth-order valence-electron chi connectivity index (χ4n) is 2.28. The number of non-ortho nitro benzene ring substituents is 1. The molecule has 28 heavy (non-hydrogen) atoms. The van der Waals surface area contributed by atoms with E-state index in [1.54, 1.807) is 30.3 Å². The van der Waals surface area contributed by atoms with E-state index in [0.717, 1.165) is 4.47 Å². The summed E-state index contributed by atoms with van der Waals surface area (Å²) in [6.45, 7) is -0.470. The van der Waals surface area contributed by atoms with Crippen LogP contribution < -0.4 is 5.32 Å². The van der Waals surface area contributed by atoms with Crippen LogP contribution in [-0.2, 0) is 9.53 Å². The number of hydrogen-bond acceptors (Lipinski definition) is 6. The van der Waals surface area contributed by atoms with Gasteiger partial charge in [0.15, 0.2) is 6.61 Å². The summed E-state index contributed by atoms with van der Waals surface area (Å²) in [4.78, 5) is 34.1. The molecule has 8 nitrogen and oxygen atoms in total. The average molecular weight is 445 g/mol. The highest BCUT2D eigenvalue weighted by Crippen LogP contribution is 2.24. The van der Waals surface area contributed by atoms with Gasteiger partial charge < -0.3 is 14.5 Å². The van der Waals surface area contributed by atoms with E-state index in [1.807, 2.05) is 0 Å².